The normalized spacial score (nSPS) is 35.9. The fourth-order valence-corrected chi connectivity index (χ4v) is 2.31. The fraction of sp³-hybridized carbons (Fsp3) is 0.800. The van der Waals surface area contributed by atoms with E-state index in [4.69, 9.17) is 0 Å². The highest BCUT2D eigenvalue weighted by molar-refractivity contribution is 4.93. The number of nitrogens with one attached hydrogen (secondary N) is 2. The van der Waals surface area contributed by atoms with E-state index in [0.717, 1.165) is 32.7 Å². The molecule has 2 aliphatic rings. The molecule has 2 rings (SSSR count). The fourth-order valence-electron chi connectivity index (χ4n) is 2.31. The summed E-state index contributed by atoms with van der Waals surface area (Å²) in [7, 11) is 0. The van der Waals surface area contributed by atoms with Crippen LogP contribution in [0.25, 0.3) is 0 Å². The second-order valence-electron chi connectivity index (χ2n) is 4.33. The van der Waals surface area contributed by atoms with Gasteiger partial charge in [-0.1, -0.05) is 0 Å². The maximum atomic E-state index is 11.4. The largest absolute Gasteiger partial charge is 0.608 e. The van der Waals surface area contributed by atoms with Crippen molar-refractivity contribution in [3.63, 3.8) is 0 Å². The molecule has 2 unspecified atom stereocenters. The van der Waals surface area contributed by atoms with Crippen LogP contribution in [0.4, 0.5) is 0 Å². The van der Waals surface area contributed by atoms with Crippen molar-refractivity contribution >= 4 is 0 Å². The zero-order valence-corrected chi connectivity index (χ0v) is 9.28. The van der Waals surface area contributed by atoms with Crippen LogP contribution in [0.3, 0.4) is 0 Å². The monoisotopic (exact) mass is 212 g/mol. The second kappa shape index (κ2) is 4.59. The Bertz CT molecular complexity index is 227. The molecule has 0 spiro atoms. The van der Waals surface area contributed by atoms with Crippen LogP contribution in [0.2, 0.25) is 0 Å². The molecule has 2 saturated heterocycles. The Kier molecular flexibility index (Phi) is 3.38. The lowest BCUT2D eigenvalue weighted by molar-refractivity contribution is -0.925. The zero-order chi connectivity index (χ0) is 10.8. The van der Waals surface area contributed by atoms with Crippen LogP contribution in [0.15, 0.2) is 12.8 Å². The molecule has 0 aromatic carbocycles. The third-order valence-corrected chi connectivity index (χ3v) is 3.50. The van der Waals surface area contributed by atoms with Gasteiger partial charge in [-0.25, -0.2) is 0 Å². The van der Waals surface area contributed by atoms with Crippen LogP contribution in [0, 0.1) is 5.21 Å². The summed E-state index contributed by atoms with van der Waals surface area (Å²) >= 11 is 0. The Morgan fingerprint density at radius 1 is 1.40 bits per heavy atom. The summed E-state index contributed by atoms with van der Waals surface area (Å²) in [6.45, 7) is 10.5. The predicted octanol–water partition coefficient (Wildman–Crippen LogP) is -1.59. The lowest BCUT2D eigenvalue weighted by atomic mass is 10.00. The molecule has 2 fully saturated rings. The Labute approximate surface area is 90.9 Å². The summed E-state index contributed by atoms with van der Waals surface area (Å²) in [5.41, 5.74) is 0. The topological polar surface area (TPSA) is 46.0 Å². The van der Waals surface area contributed by atoms with Gasteiger partial charge in [-0.3, -0.25) is 10.1 Å². The molecule has 0 saturated carbocycles. The van der Waals surface area contributed by atoms with Crippen molar-refractivity contribution in [1.29, 1.82) is 0 Å². The quantitative estimate of drug-likeness (QED) is 0.554. The number of hydroxylamine groups is 1. The summed E-state index contributed by atoms with van der Waals surface area (Å²) in [5, 5.41) is 16.7. The Balaban J connectivity index is 1.79. The van der Waals surface area contributed by atoms with Gasteiger partial charge < -0.3 is 10.5 Å². The van der Waals surface area contributed by atoms with Crippen LogP contribution in [0.1, 0.15) is 6.92 Å². The van der Waals surface area contributed by atoms with Gasteiger partial charge in [0, 0.05) is 31.7 Å². The van der Waals surface area contributed by atoms with Gasteiger partial charge in [-0.05, 0) is 13.5 Å². The first-order chi connectivity index (χ1) is 7.22. The number of hydrogen-bond donors (Lipinski definition) is 2. The Hall–Kier alpha value is -0.460. The number of quaternary nitrogens is 1. The molecule has 0 amide bonds. The zero-order valence-electron chi connectivity index (χ0n) is 9.28. The first kappa shape index (κ1) is 11.0. The molecule has 0 aromatic heterocycles. The van der Waals surface area contributed by atoms with Gasteiger partial charge in [0.25, 0.3) is 0 Å². The number of nitrogens with zero attached hydrogens (tertiary/aromatic N) is 2. The van der Waals surface area contributed by atoms with Crippen molar-refractivity contribution < 1.29 is 5.17 Å². The smallest absolute Gasteiger partial charge is 0.107 e. The molecule has 0 radical (unpaired) electrons. The molecule has 5 heteroatoms. The van der Waals surface area contributed by atoms with Gasteiger partial charge >= 0.3 is 0 Å². The van der Waals surface area contributed by atoms with Crippen molar-refractivity contribution in [2.45, 2.75) is 19.0 Å². The van der Waals surface area contributed by atoms with Gasteiger partial charge in [0.1, 0.15) is 6.20 Å². The average molecular weight is 212 g/mol. The lowest BCUT2D eigenvalue weighted by Crippen LogP contribution is -3.10. The van der Waals surface area contributed by atoms with Crippen LogP contribution in [0.5, 0.6) is 0 Å². The minimum atomic E-state index is 0.0643. The highest BCUT2D eigenvalue weighted by Crippen LogP contribution is 2.13. The van der Waals surface area contributed by atoms with E-state index in [1.807, 2.05) is 5.01 Å². The first-order valence-electron chi connectivity index (χ1n) is 5.61. The summed E-state index contributed by atoms with van der Waals surface area (Å²) in [5.74, 6) is 0. The van der Waals surface area contributed by atoms with Crippen molar-refractivity contribution in [2.24, 2.45) is 0 Å². The Morgan fingerprint density at radius 3 is 2.47 bits per heavy atom. The van der Waals surface area contributed by atoms with E-state index in [0.29, 0.717) is 12.1 Å². The van der Waals surface area contributed by atoms with Gasteiger partial charge in [0.2, 0.25) is 0 Å². The first-order valence-corrected chi connectivity index (χ1v) is 5.61. The van der Waals surface area contributed by atoms with E-state index in [1.165, 1.54) is 6.20 Å². The lowest BCUT2D eigenvalue weighted by Gasteiger charge is -2.47. The SMILES string of the molecule is C=C[NH+]([O-])N1CCN(C2CN[C@H]2C)CC1. The van der Waals surface area contributed by atoms with Gasteiger partial charge in [-0.2, -0.15) is 0 Å². The molecule has 0 bridgehead atoms. The second-order valence-corrected chi connectivity index (χ2v) is 4.33. The summed E-state index contributed by atoms with van der Waals surface area (Å²) < 4.78 is 0. The Morgan fingerprint density at radius 2 is 2.07 bits per heavy atom. The van der Waals surface area contributed by atoms with Gasteiger partial charge in [0.05, 0.1) is 13.1 Å². The molecule has 5 nitrogen and oxygen atoms in total. The highest BCUT2D eigenvalue weighted by Gasteiger charge is 2.34. The van der Waals surface area contributed by atoms with Crippen molar-refractivity contribution in [1.82, 2.24) is 15.2 Å². The molecular formula is C10H20N4O. The van der Waals surface area contributed by atoms with E-state index in [1.54, 1.807) is 0 Å². The van der Waals surface area contributed by atoms with Crippen LogP contribution in [-0.2, 0) is 0 Å². The van der Waals surface area contributed by atoms with Gasteiger partial charge in [-0.15, -0.1) is 5.01 Å². The maximum absolute atomic E-state index is 11.4. The summed E-state index contributed by atoms with van der Waals surface area (Å²) in [6.07, 6.45) is 1.41. The molecule has 0 aromatic rings. The minimum absolute atomic E-state index is 0.0643. The minimum Gasteiger partial charge on any atom is -0.608 e. The van der Waals surface area contributed by atoms with Crippen molar-refractivity contribution in [3.8, 4) is 0 Å². The standard InChI is InChI=1S/C10H20N4O/c1-3-14(15)13-6-4-12(5-7-13)10-8-11-9(10)2/h3,9-11,14H,1,4-8H2,2H3/t9-,10?/m0/s1. The van der Waals surface area contributed by atoms with Crippen LogP contribution < -0.4 is 10.5 Å². The van der Waals surface area contributed by atoms with Crippen molar-refractivity contribution in [2.75, 3.05) is 32.7 Å². The van der Waals surface area contributed by atoms with E-state index < -0.39 is 0 Å². The predicted molar refractivity (Wildman–Crippen MR) is 58.9 cm³/mol. The molecule has 3 atom stereocenters. The third kappa shape index (κ3) is 2.21. The average Bonchev–Trinajstić information content (AvgIpc) is 2.27. The third-order valence-electron chi connectivity index (χ3n) is 3.50. The molecule has 15 heavy (non-hydrogen) atoms. The van der Waals surface area contributed by atoms with Gasteiger partial charge in [0.15, 0.2) is 0 Å². The molecule has 2 heterocycles. The van der Waals surface area contributed by atoms with E-state index in [2.05, 4.69) is 23.7 Å². The molecule has 2 aliphatic heterocycles. The van der Waals surface area contributed by atoms with E-state index in [9.17, 15) is 5.21 Å². The molecular weight excluding hydrogens is 192 g/mol. The highest BCUT2D eigenvalue weighted by atomic mass is 16.5. The summed E-state index contributed by atoms with van der Waals surface area (Å²) in [6, 6.07) is 1.28. The van der Waals surface area contributed by atoms with Crippen LogP contribution >= 0.6 is 0 Å². The maximum Gasteiger partial charge on any atom is 0.107 e. The van der Waals surface area contributed by atoms with E-state index >= 15 is 0 Å². The van der Waals surface area contributed by atoms with E-state index in [-0.39, 0.29) is 5.17 Å². The summed E-state index contributed by atoms with van der Waals surface area (Å²) in [4.78, 5) is 2.48. The van der Waals surface area contributed by atoms with Crippen molar-refractivity contribution in [3.05, 3.63) is 18.0 Å². The molecule has 0 aliphatic carbocycles. The molecule has 86 valence electrons. The van der Waals surface area contributed by atoms with Crippen LogP contribution in [-0.4, -0.2) is 54.7 Å². The number of rotatable bonds is 3. The molecule has 2 N–H and O–H groups in total. The number of hydrogen-bond acceptors (Lipinski definition) is 4. The number of piperazine rings is 1.